The van der Waals surface area contributed by atoms with Gasteiger partial charge in [0.05, 0.1) is 18.3 Å². The topological polar surface area (TPSA) is 54.0 Å². The molecule has 0 aliphatic rings. The number of rotatable bonds is 5. The summed E-state index contributed by atoms with van der Waals surface area (Å²) >= 11 is 1.55. The minimum atomic E-state index is -0.440. The highest BCUT2D eigenvalue weighted by atomic mass is 32.1. The van der Waals surface area contributed by atoms with E-state index in [4.69, 9.17) is 0 Å². The van der Waals surface area contributed by atoms with Crippen molar-refractivity contribution in [2.75, 3.05) is 11.9 Å². The second kappa shape index (κ2) is 6.58. The molecular formula is C14H16FN3OS. The molecule has 2 rings (SSSR count). The number of amides is 1. The van der Waals surface area contributed by atoms with Crippen LogP contribution in [0.4, 0.5) is 10.1 Å². The van der Waals surface area contributed by atoms with Gasteiger partial charge in [0.2, 0.25) is 5.91 Å². The molecule has 1 heterocycles. The fourth-order valence-electron chi connectivity index (χ4n) is 1.66. The van der Waals surface area contributed by atoms with Crippen molar-refractivity contribution in [1.82, 2.24) is 10.3 Å². The highest BCUT2D eigenvalue weighted by molar-refractivity contribution is 7.09. The van der Waals surface area contributed by atoms with Gasteiger partial charge in [0.15, 0.2) is 0 Å². The third kappa shape index (κ3) is 3.85. The molecule has 1 atom stereocenters. The van der Waals surface area contributed by atoms with Crippen LogP contribution in [0.2, 0.25) is 0 Å². The standard InChI is InChI=1S/C14H16FN3OS/c1-9-8-20-14(17-9)10(2)16-7-13(19)18-12-6-4-3-5-11(12)15/h3-6,8,10,16H,7H2,1-2H3,(H,18,19). The van der Waals surface area contributed by atoms with Crippen LogP contribution in [0, 0.1) is 12.7 Å². The van der Waals surface area contributed by atoms with Crippen molar-refractivity contribution in [3.05, 3.63) is 46.2 Å². The van der Waals surface area contributed by atoms with Gasteiger partial charge >= 0.3 is 0 Å². The van der Waals surface area contributed by atoms with Crippen molar-refractivity contribution >= 4 is 22.9 Å². The molecule has 0 saturated carbocycles. The summed E-state index contributed by atoms with van der Waals surface area (Å²) in [6.07, 6.45) is 0. The predicted molar refractivity (Wildman–Crippen MR) is 78.3 cm³/mol. The van der Waals surface area contributed by atoms with E-state index in [1.165, 1.54) is 12.1 Å². The molecule has 1 aromatic heterocycles. The number of para-hydroxylation sites is 1. The van der Waals surface area contributed by atoms with Crippen LogP contribution in [0.25, 0.3) is 0 Å². The molecule has 1 amide bonds. The molecule has 106 valence electrons. The SMILES string of the molecule is Cc1csc(C(C)NCC(=O)Nc2ccccc2F)n1. The summed E-state index contributed by atoms with van der Waals surface area (Å²) in [5, 5.41) is 8.49. The first-order valence-corrected chi connectivity index (χ1v) is 7.14. The van der Waals surface area contributed by atoms with Crippen LogP contribution in [0.5, 0.6) is 0 Å². The average molecular weight is 293 g/mol. The highest BCUT2D eigenvalue weighted by Gasteiger charge is 2.11. The number of thiazole rings is 1. The highest BCUT2D eigenvalue weighted by Crippen LogP contribution is 2.17. The number of halogens is 1. The van der Waals surface area contributed by atoms with Gasteiger partial charge in [0.1, 0.15) is 10.8 Å². The van der Waals surface area contributed by atoms with E-state index in [1.807, 2.05) is 19.2 Å². The van der Waals surface area contributed by atoms with Crippen LogP contribution in [0.3, 0.4) is 0 Å². The second-order valence-corrected chi connectivity index (χ2v) is 5.35. The van der Waals surface area contributed by atoms with E-state index in [1.54, 1.807) is 23.5 Å². The van der Waals surface area contributed by atoms with Gasteiger partial charge in [-0.2, -0.15) is 0 Å². The average Bonchev–Trinajstić information content (AvgIpc) is 2.85. The van der Waals surface area contributed by atoms with E-state index in [-0.39, 0.29) is 24.2 Å². The number of anilines is 1. The Morgan fingerprint density at radius 2 is 2.20 bits per heavy atom. The van der Waals surface area contributed by atoms with Crippen molar-refractivity contribution in [2.45, 2.75) is 19.9 Å². The second-order valence-electron chi connectivity index (χ2n) is 4.46. The summed E-state index contributed by atoms with van der Waals surface area (Å²) in [7, 11) is 0. The van der Waals surface area contributed by atoms with Gasteiger partial charge in [0, 0.05) is 11.1 Å². The molecule has 4 nitrogen and oxygen atoms in total. The molecule has 2 aromatic rings. The summed E-state index contributed by atoms with van der Waals surface area (Å²) in [4.78, 5) is 16.1. The summed E-state index contributed by atoms with van der Waals surface area (Å²) < 4.78 is 13.4. The molecule has 1 unspecified atom stereocenters. The number of nitrogens with one attached hydrogen (secondary N) is 2. The van der Waals surface area contributed by atoms with Gasteiger partial charge in [-0.3, -0.25) is 10.1 Å². The van der Waals surface area contributed by atoms with Gasteiger partial charge in [0.25, 0.3) is 0 Å². The first-order chi connectivity index (χ1) is 9.56. The Hall–Kier alpha value is -1.79. The molecule has 0 spiro atoms. The third-order valence-electron chi connectivity index (χ3n) is 2.72. The van der Waals surface area contributed by atoms with Crippen molar-refractivity contribution in [1.29, 1.82) is 0 Å². The molecule has 2 N–H and O–H groups in total. The minimum absolute atomic E-state index is 0.0138. The van der Waals surface area contributed by atoms with Gasteiger partial charge < -0.3 is 5.32 Å². The Kier molecular flexibility index (Phi) is 4.81. The Bertz CT molecular complexity index is 600. The van der Waals surface area contributed by atoms with E-state index in [0.717, 1.165) is 10.7 Å². The lowest BCUT2D eigenvalue weighted by molar-refractivity contribution is -0.115. The van der Waals surface area contributed by atoms with Gasteiger partial charge in [-0.1, -0.05) is 12.1 Å². The molecule has 20 heavy (non-hydrogen) atoms. The van der Waals surface area contributed by atoms with E-state index in [0.29, 0.717) is 0 Å². The van der Waals surface area contributed by atoms with E-state index < -0.39 is 5.82 Å². The molecule has 1 aromatic carbocycles. The van der Waals surface area contributed by atoms with Gasteiger partial charge in [-0.15, -0.1) is 11.3 Å². The Morgan fingerprint density at radius 1 is 1.45 bits per heavy atom. The van der Waals surface area contributed by atoms with Crippen LogP contribution >= 0.6 is 11.3 Å². The molecule has 0 aliphatic heterocycles. The number of carbonyl (C=O) groups is 1. The molecule has 0 bridgehead atoms. The number of benzene rings is 1. The Balaban J connectivity index is 1.85. The summed E-state index contributed by atoms with van der Waals surface area (Å²) in [5.41, 5.74) is 1.16. The smallest absolute Gasteiger partial charge is 0.238 e. The minimum Gasteiger partial charge on any atom is -0.322 e. The van der Waals surface area contributed by atoms with E-state index in [9.17, 15) is 9.18 Å². The van der Waals surface area contributed by atoms with Crippen molar-refractivity contribution in [2.24, 2.45) is 0 Å². The summed E-state index contributed by atoms with van der Waals surface area (Å²) in [6.45, 7) is 3.97. The first-order valence-electron chi connectivity index (χ1n) is 6.26. The maximum atomic E-state index is 13.4. The van der Waals surface area contributed by atoms with Crippen LogP contribution in [0.1, 0.15) is 23.7 Å². The molecule has 0 radical (unpaired) electrons. The Morgan fingerprint density at radius 3 is 2.85 bits per heavy atom. The lowest BCUT2D eigenvalue weighted by atomic mass is 10.3. The predicted octanol–water partition coefficient (Wildman–Crippen LogP) is 2.88. The fourth-order valence-corrected chi connectivity index (χ4v) is 2.49. The zero-order valence-electron chi connectivity index (χ0n) is 11.3. The zero-order chi connectivity index (χ0) is 14.5. The molecule has 0 fully saturated rings. The number of aromatic nitrogens is 1. The molecule has 0 saturated heterocycles. The van der Waals surface area contributed by atoms with E-state index >= 15 is 0 Å². The van der Waals surface area contributed by atoms with E-state index in [2.05, 4.69) is 15.6 Å². The molecular weight excluding hydrogens is 277 g/mol. The Labute approximate surface area is 121 Å². The summed E-state index contributed by atoms with van der Waals surface area (Å²) in [5.74, 6) is -0.723. The van der Waals surface area contributed by atoms with Gasteiger partial charge in [-0.05, 0) is 26.0 Å². The van der Waals surface area contributed by atoms with Crippen LogP contribution in [-0.4, -0.2) is 17.4 Å². The summed E-state index contributed by atoms with van der Waals surface area (Å²) in [6, 6.07) is 6.08. The lowest BCUT2D eigenvalue weighted by Crippen LogP contribution is -2.30. The quantitative estimate of drug-likeness (QED) is 0.891. The number of nitrogens with zero attached hydrogens (tertiary/aromatic N) is 1. The lowest BCUT2D eigenvalue weighted by Gasteiger charge is -2.11. The number of hydrogen-bond acceptors (Lipinski definition) is 4. The third-order valence-corrected chi connectivity index (χ3v) is 3.87. The number of hydrogen-bond donors (Lipinski definition) is 2. The number of aryl methyl sites for hydroxylation is 1. The zero-order valence-corrected chi connectivity index (χ0v) is 12.1. The van der Waals surface area contributed by atoms with Crippen LogP contribution in [0.15, 0.2) is 29.6 Å². The molecule has 0 aliphatic carbocycles. The van der Waals surface area contributed by atoms with Gasteiger partial charge in [-0.25, -0.2) is 9.37 Å². The normalized spacial score (nSPS) is 12.2. The number of carbonyl (C=O) groups excluding carboxylic acids is 1. The first kappa shape index (κ1) is 14.6. The molecule has 6 heteroatoms. The van der Waals surface area contributed by atoms with Crippen molar-refractivity contribution < 1.29 is 9.18 Å². The fraction of sp³-hybridized carbons (Fsp3) is 0.286. The van der Waals surface area contributed by atoms with Crippen molar-refractivity contribution in [3.63, 3.8) is 0 Å². The maximum absolute atomic E-state index is 13.4. The maximum Gasteiger partial charge on any atom is 0.238 e. The largest absolute Gasteiger partial charge is 0.322 e. The monoisotopic (exact) mass is 293 g/mol. The van der Waals surface area contributed by atoms with Crippen molar-refractivity contribution in [3.8, 4) is 0 Å². The van der Waals surface area contributed by atoms with Crippen LogP contribution in [-0.2, 0) is 4.79 Å². The van der Waals surface area contributed by atoms with Crippen LogP contribution < -0.4 is 10.6 Å².